The summed E-state index contributed by atoms with van der Waals surface area (Å²) < 4.78 is 5.70. The van der Waals surface area contributed by atoms with Crippen molar-refractivity contribution in [2.24, 2.45) is 5.73 Å². The summed E-state index contributed by atoms with van der Waals surface area (Å²) >= 11 is 0. The second-order valence-corrected chi connectivity index (χ2v) is 5.76. The fraction of sp³-hybridized carbons (Fsp3) is 0.647. The van der Waals surface area contributed by atoms with E-state index < -0.39 is 0 Å². The van der Waals surface area contributed by atoms with Gasteiger partial charge in [-0.2, -0.15) is 0 Å². The Bertz CT molecular complexity index is 421. The molecule has 1 fully saturated rings. The molecule has 0 aromatic heterocycles. The molecule has 2 N–H and O–H groups in total. The average molecular weight is 276 g/mol. The van der Waals surface area contributed by atoms with Crippen molar-refractivity contribution in [1.82, 2.24) is 4.90 Å². The lowest BCUT2D eigenvalue weighted by Crippen LogP contribution is -2.39. The van der Waals surface area contributed by atoms with E-state index in [9.17, 15) is 0 Å². The van der Waals surface area contributed by atoms with Crippen LogP contribution in [0.2, 0.25) is 0 Å². The van der Waals surface area contributed by atoms with E-state index in [2.05, 4.69) is 24.8 Å². The average Bonchev–Trinajstić information content (AvgIpc) is 2.80. The van der Waals surface area contributed by atoms with Crippen molar-refractivity contribution in [3.8, 4) is 5.75 Å². The molecule has 3 heteroatoms. The quantitative estimate of drug-likeness (QED) is 0.866. The molecule has 0 aliphatic carbocycles. The Morgan fingerprint density at radius 2 is 2.05 bits per heavy atom. The predicted octanol–water partition coefficient (Wildman–Crippen LogP) is 3.35. The molecule has 2 rings (SSSR count). The Hall–Kier alpha value is -1.06. The Morgan fingerprint density at radius 1 is 1.30 bits per heavy atom. The number of para-hydroxylation sites is 1. The van der Waals surface area contributed by atoms with Gasteiger partial charge in [0.1, 0.15) is 5.75 Å². The number of benzene rings is 1. The zero-order chi connectivity index (χ0) is 14.5. The van der Waals surface area contributed by atoms with Crippen LogP contribution in [0.4, 0.5) is 0 Å². The summed E-state index contributed by atoms with van der Waals surface area (Å²) in [5.74, 6) is 0.933. The van der Waals surface area contributed by atoms with E-state index in [0.29, 0.717) is 18.7 Å². The van der Waals surface area contributed by atoms with E-state index in [4.69, 9.17) is 10.5 Å². The molecule has 1 aliphatic heterocycles. The lowest BCUT2D eigenvalue weighted by molar-refractivity contribution is 0.185. The molecule has 3 atom stereocenters. The molecular formula is C17H28N2O. The summed E-state index contributed by atoms with van der Waals surface area (Å²) in [4.78, 5) is 2.58. The molecule has 1 aromatic rings. The Kier molecular flexibility index (Phi) is 5.44. The van der Waals surface area contributed by atoms with Crippen LogP contribution in [0.5, 0.6) is 5.75 Å². The summed E-state index contributed by atoms with van der Waals surface area (Å²) in [5.41, 5.74) is 7.59. The second-order valence-electron chi connectivity index (χ2n) is 5.76. The molecule has 0 spiro atoms. The van der Waals surface area contributed by atoms with Gasteiger partial charge < -0.3 is 10.5 Å². The molecule has 112 valence electrons. The molecule has 1 saturated heterocycles. The van der Waals surface area contributed by atoms with Crippen LogP contribution in [-0.2, 0) is 0 Å². The topological polar surface area (TPSA) is 38.5 Å². The van der Waals surface area contributed by atoms with E-state index in [1.54, 1.807) is 0 Å². The standard InChI is InChI=1S/C17H28N2O/c1-4-14-11-10-13(3)19(14)12-16(18)15-8-6-7-9-17(15)20-5-2/h6-9,13-14,16H,4-5,10-12,18H2,1-3H3. The summed E-state index contributed by atoms with van der Waals surface area (Å²) in [6, 6.07) is 9.52. The maximum absolute atomic E-state index is 6.46. The smallest absolute Gasteiger partial charge is 0.124 e. The van der Waals surface area contributed by atoms with Crippen LogP contribution in [0.3, 0.4) is 0 Å². The van der Waals surface area contributed by atoms with Crippen LogP contribution in [-0.4, -0.2) is 30.1 Å². The largest absolute Gasteiger partial charge is 0.494 e. The van der Waals surface area contributed by atoms with Crippen LogP contribution in [0.1, 0.15) is 51.6 Å². The lowest BCUT2D eigenvalue weighted by Gasteiger charge is -2.31. The fourth-order valence-corrected chi connectivity index (χ4v) is 3.29. The molecule has 3 nitrogen and oxygen atoms in total. The van der Waals surface area contributed by atoms with E-state index in [-0.39, 0.29) is 6.04 Å². The molecule has 0 amide bonds. The van der Waals surface area contributed by atoms with Crippen LogP contribution in [0.25, 0.3) is 0 Å². The van der Waals surface area contributed by atoms with Gasteiger partial charge in [0.15, 0.2) is 0 Å². The minimum absolute atomic E-state index is 0.0207. The highest BCUT2D eigenvalue weighted by Gasteiger charge is 2.30. The first-order chi connectivity index (χ1) is 9.67. The molecule has 1 aliphatic rings. The first kappa shape index (κ1) is 15.3. The Morgan fingerprint density at radius 3 is 2.75 bits per heavy atom. The van der Waals surface area contributed by atoms with E-state index >= 15 is 0 Å². The summed E-state index contributed by atoms with van der Waals surface area (Å²) in [5, 5.41) is 0. The summed E-state index contributed by atoms with van der Waals surface area (Å²) in [6.07, 6.45) is 3.81. The van der Waals surface area contributed by atoms with Crippen molar-refractivity contribution in [1.29, 1.82) is 0 Å². The highest BCUT2D eigenvalue weighted by Crippen LogP contribution is 2.30. The normalized spacial score (nSPS) is 24.8. The Labute approximate surface area is 123 Å². The fourth-order valence-electron chi connectivity index (χ4n) is 3.29. The van der Waals surface area contributed by atoms with Gasteiger partial charge in [0.05, 0.1) is 6.61 Å². The number of hydrogen-bond donors (Lipinski definition) is 1. The highest BCUT2D eigenvalue weighted by atomic mass is 16.5. The van der Waals surface area contributed by atoms with Gasteiger partial charge in [0.2, 0.25) is 0 Å². The van der Waals surface area contributed by atoms with Gasteiger partial charge in [-0.3, -0.25) is 4.90 Å². The number of nitrogens with zero attached hydrogens (tertiary/aromatic N) is 1. The Balaban J connectivity index is 2.09. The monoisotopic (exact) mass is 276 g/mol. The molecule has 1 heterocycles. The van der Waals surface area contributed by atoms with Gasteiger partial charge >= 0.3 is 0 Å². The third-order valence-electron chi connectivity index (χ3n) is 4.45. The predicted molar refractivity (Wildman–Crippen MR) is 84.0 cm³/mol. The van der Waals surface area contributed by atoms with Crippen LogP contribution < -0.4 is 10.5 Å². The van der Waals surface area contributed by atoms with Gasteiger partial charge in [0.25, 0.3) is 0 Å². The van der Waals surface area contributed by atoms with Crippen molar-refractivity contribution in [2.75, 3.05) is 13.2 Å². The third-order valence-corrected chi connectivity index (χ3v) is 4.45. The molecule has 20 heavy (non-hydrogen) atoms. The summed E-state index contributed by atoms with van der Waals surface area (Å²) in [6.45, 7) is 8.20. The van der Waals surface area contributed by atoms with Gasteiger partial charge in [-0.25, -0.2) is 0 Å². The first-order valence-electron chi connectivity index (χ1n) is 7.90. The van der Waals surface area contributed by atoms with Crippen molar-refractivity contribution in [3.63, 3.8) is 0 Å². The molecule has 1 aromatic carbocycles. The van der Waals surface area contributed by atoms with Gasteiger partial charge in [-0.15, -0.1) is 0 Å². The van der Waals surface area contributed by atoms with E-state index in [0.717, 1.165) is 17.9 Å². The molecule has 3 unspecified atom stereocenters. The molecule has 0 radical (unpaired) electrons. The molecular weight excluding hydrogens is 248 g/mol. The third kappa shape index (κ3) is 3.33. The zero-order valence-corrected chi connectivity index (χ0v) is 13.0. The minimum Gasteiger partial charge on any atom is -0.494 e. The van der Waals surface area contributed by atoms with Crippen molar-refractivity contribution in [2.45, 2.75) is 58.2 Å². The minimum atomic E-state index is 0.0207. The molecule has 0 saturated carbocycles. The van der Waals surface area contributed by atoms with Gasteiger partial charge in [-0.1, -0.05) is 25.1 Å². The zero-order valence-electron chi connectivity index (χ0n) is 13.0. The molecule has 0 bridgehead atoms. The van der Waals surface area contributed by atoms with Gasteiger partial charge in [-0.05, 0) is 39.2 Å². The van der Waals surface area contributed by atoms with E-state index in [1.807, 2.05) is 25.1 Å². The van der Waals surface area contributed by atoms with Crippen molar-refractivity contribution in [3.05, 3.63) is 29.8 Å². The SMILES string of the molecule is CCOc1ccccc1C(N)CN1C(C)CCC1CC. The van der Waals surface area contributed by atoms with Crippen molar-refractivity contribution >= 4 is 0 Å². The maximum Gasteiger partial charge on any atom is 0.124 e. The van der Waals surface area contributed by atoms with Crippen LogP contribution in [0, 0.1) is 0 Å². The number of ether oxygens (including phenoxy) is 1. The summed E-state index contributed by atoms with van der Waals surface area (Å²) in [7, 11) is 0. The highest BCUT2D eigenvalue weighted by molar-refractivity contribution is 5.36. The maximum atomic E-state index is 6.46. The number of likely N-dealkylation sites (tertiary alicyclic amines) is 1. The van der Waals surface area contributed by atoms with Crippen LogP contribution >= 0.6 is 0 Å². The van der Waals surface area contributed by atoms with E-state index in [1.165, 1.54) is 19.3 Å². The van der Waals surface area contributed by atoms with Crippen molar-refractivity contribution < 1.29 is 4.74 Å². The van der Waals surface area contributed by atoms with Crippen LogP contribution in [0.15, 0.2) is 24.3 Å². The first-order valence-corrected chi connectivity index (χ1v) is 7.90. The number of hydrogen-bond acceptors (Lipinski definition) is 3. The lowest BCUT2D eigenvalue weighted by atomic mass is 10.0. The number of nitrogens with two attached hydrogens (primary N) is 1. The van der Waals surface area contributed by atoms with Gasteiger partial charge in [0, 0.05) is 30.2 Å². The number of rotatable bonds is 6. The second kappa shape index (κ2) is 7.09.